The summed E-state index contributed by atoms with van der Waals surface area (Å²) in [6, 6.07) is 0.387. The maximum atomic E-state index is 11.3. The van der Waals surface area contributed by atoms with Gasteiger partial charge in [-0.25, -0.2) is 0 Å². The molecule has 0 aromatic carbocycles. The second kappa shape index (κ2) is 2.21. The van der Waals surface area contributed by atoms with Gasteiger partial charge in [-0.2, -0.15) is 0 Å². The van der Waals surface area contributed by atoms with Gasteiger partial charge in [0, 0.05) is 25.0 Å². The summed E-state index contributed by atoms with van der Waals surface area (Å²) in [6.45, 7) is 4.12. The van der Waals surface area contributed by atoms with Gasteiger partial charge >= 0.3 is 0 Å². The molecule has 2 aliphatic heterocycles. The molecule has 11 heavy (non-hydrogen) atoms. The summed E-state index contributed by atoms with van der Waals surface area (Å²) in [5.74, 6) is 1.09. The summed E-state index contributed by atoms with van der Waals surface area (Å²) in [6.07, 6.45) is 0. The van der Waals surface area contributed by atoms with Crippen LogP contribution in [0.15, 0.2) is 0 Å². The lowest BCUT2D eigenvalue weighted by molar-refractivity contribution is -0.122. The quantitative estimate of drug-likeness (QED) is 0.519. The lowest BCUT2D eigenvalue weighted by Crippen LogP contribution is -2.31. The summed E-state index contributed by atoms with van der Waals surface area (Å²) in [5, 5.41) is 2.97. The fourth-order valence-electron chi connectivity index (χ4n) is 2.26. The van der Waals surface area contributed by atoms with E-state index in [1.807, 2.05) is 0 Å². The number of hydrogen-bond donors (Lipinski definition) is 1. The molecule has 2 heterocycles. The zero-order valence-corrected chi connectivity index (χ0v) is 7.00. The molecule has 0 radical (unpaired) electrons. The number of fused-ring (bicyclic) bond motifs is 1. The molecule has 3 nitrogen and oxygen atoms in total. The first-order valence-electron chi connectivity index (χ1n) is 4.17. The molecule has 62 valence electrons. The fraction of sp³-hybridized carbons (Fsp3) is 0.875. The Morgan fingerprint density at radius 3 is 2.91 bits per heavy atom. The van der Waals surface area contributed by atoms with Crippen LogP contribution >= 0.6 is 0 Å². The molecule has 1 N–H and O–H groups in total. The van der Waals surface area contributed by atoms with Crippen LogP contribution in [0.3, 0.4) is 0 Å². The van der Waals surface area contributed by atoms with Crippen LogP contribution in [0.4, 0.5) is 0 Å². The van der Waals surface area contributed by atoms with E-state index < -0.39 is 0 Å². The molecule has 0 spiro atoms. The average Bonchev–Trinajstić information content (AvgIpc) is 2.38. The van der Waals surface area contributed by atoms with E-state index in [1.165, 1.54) is 0 Å². The Hall–Kier alpha value is -0.570. The highest BCUT2D eigenvalue weighted by Crippen LogP contribution is 2.30. The topological polar surface area (TPSA) is 32.3 Å². The van der Waals surface area contributed by atoms with Crippen molar-refractivity contribution in [2.45, 2.75) is 13.0 Å². The van der Waals surface area contributed by atoms with Crippen LogP contribution in [-0.2, 0) is 4.79 Å². The van der Waals surface area contributed by atoms with Crippen LogP contribution in [0, 0.1) is 11.8 Å². The summed E-state index contributed by atoms with van der Waals surface area (Å²) in [4.78, 5) is 13.5. The number of amides is 1. The number of hydrogen-bond acceptors (Lipinski definition) is 2. The zero-order chi connectivity index (χ0) is 8.01. The normalized spacial score (nSPS) is 44.2. The smallest absolute Gasteiger partial charge is 0.225 e. The van der Waals surface area contributed by atoms with Crippen molar-refractivity contribution in [1.29, 1.82) is 0 Å². The van der Waals surface area contributed by atoms with Crippen LogP contribution < -0.4 is 5.32 Å². The lowest BCUT2D eigenvalue weighted by Gasteiger charge is -2.12. The molecule has 3 atom stereocenters. The standard InChI is InChI=1S/C8H14N2O/c1-5-6-3-10(2)4-7(6)8(11)9-5/h5-7H,3-4H2,1-2H3,(H,9,11). The van der Waals surface area contributed by atoms with Gasteiger partial charge in [-0.1, -0.05) is 0 Å². The van der Waals surface area contributed by atoms with Gasteiger partial charge in [0.15, 0.2) is 0 Å². The van der Waals surface area contributed by atoms with Crippen molar-refractivity contribution in [3.63, 3.8) is 0 Å². The SMILES string of the molecule is CC1NC(=O)C2CN(C)CC12. The Balaban J connectivity index is 2.16. The van der Waals surface area contributed by atoms with Crippen LogP contribution in [0.1, 0.15) is 6.92 Å². The number of rotatable bonds is 0. The highest BCUT2D eigenvalue weighted by Gasteiger charge is 2.44. The molecule has 0 aromatic heterocycles. The second-order valence-corrected chi connectivity index (χ2v) is 3.79. The van der Waals surface area contributed by atoms with Crippen LogP contribution in [0.2, 0.25) is 0 Å². The highest BCUT2D eigenvalue weighted by molar-refractivity contribution is 5.82. The monoisotopic (exact) mass is 154 g/mol. The fourth-order valence-corrected chi connectivity index (χ4v) is 2.26. The Morgan fingerprint density at radius 2 is 2.27 bits per heavy atom. The lowest BCUT2D eigenvalue weighted by atomic mass is 9.95. The van der Waals surface area contributed by atoms with Gasteiger partial charge in [0.1, 0.15) is 0 Å². The molecule has 2 aliphatic rings. The van der Waals surface area contributed by atoms with E-state index in [-0.39, 0.29) is 11.8 Å². The van der Waals surface area contributed by atoms with Gasteiger partial charge in [0.05, 0.1) is 5.92 Å². The first kappa shape index (κ1) is 7.10. The van der Waals surface area contributed by atoms with Gasteiger partial charge < -0.3 is 10.2 Å². The van der Waals surface area contributed by atoms with Gasteiger partial charge in [-0.15, -0.1) is 0 Å². The minimum absolute atomic E-state index is 0.256. The van der Waals surface area contributed by atoms with Gasteiger partial charge in [-0.3, -0.25) is 4.79 Å². The number of carbonyl (C=O) groups is 1. The van der Waals surface area contributed by atoms with E-state index in [2.05, 4.69) is 24.2 Å². The molecule has 0 aliphatic carbocycles. The van der Waals surface area contributed by atoms with Crippen LogP contribution in [-0.4, -0.2) is 37.0 Å². The predicted molar refractivity (Wildman–Crippen MR) is 42.1 cm³/mol. The third-order valence-electron chi connectivity index (χ3n) is 2.90. The Bertz CT molecular complexity index is 193. The second-order valence-electron chi connectivity index (χ2n) is 3.79. The van der Waals surface area contributed by atoms with Crippen molar-refractivity contribution in [3.8, 4) is 0 Å². The van der Waals surface area contributed by atoms with Crippen molar-refractivity contribution in [1.82, 2.24) is 10.2 Å². The van der Waals surface area contributed by atoms with Crippen molar-refractivity contribution in [2.75, 3.05) is 20.1 Å². The molecule has 0 bridgehead atoms. The molecule has 0 aromatic rings. The summed E-state index contributed by atoms with van der Waals surface area (Å²) in [5.41, 5.74) is 0. The third kappa shape index (κ3) is 0.948. The van der Waals surface area contributed by atoms with Crippen molar-refractivity contribution in [2.24, 2.45) is 11.8 Å². The summed E-state index contributed by atoms with van der Waals surface area (Å²) in [7, 11) is 2.08. The highest BCUT2D eigenvalue weighted by atomic mass is 16.2. The molecular weight excluding hydrogens is 140 g/mol. The average molecular weight is 154 g/mol. The van der Waals surface area contributed by atoms with E-state index in [0.29, 0.717) is 12.0 Å². The van der Waals surface area contributed by atoms with Crippen molar-refractivity contribution < 1.29 is 4.79 Å². The molecular formula is C8H14N2O. The minimum atomic E-state index is 0.256. The van der Waals surface area contributed by atoms with Gasteiger partial charge in [0.25, 0.3) is 0 Å². The largest absolute Gasteiger partial charge is 0.353 e. The molecule has 2 rings (SSSR count). The first-order valence-corrected chi connectivity index (χ1v) is 4.17. The molecule has 0 saturated carbocycles. The Labute approximate surface area is 66.8 Å². The predicted octanol–water partition coefficient (Wildman–Crippen LogP) is -0.317. The third-order valence-corrected chi connectivity index (χ3v) is 2.90. The number of nitrogens with one attached hydrogen (secondary N) is 1. The van der Waals surface area contributed by atoms with Crippen LogP contribution in [0.5, 0.6) is 0 Å². The van der Waals surface area contributed by atoms with E-state index >= 15 is 0 Å². The van der Waals surface area contributed by atoms with Crippen molar-refractivity contribution in [3.05, 3.63) is 0 Å². The van der Waals surface area contributed by atoms with E-state index in [9.17, 15) is 4.79 Å². The molecule has 2 fully saturated rings. The number of likely N-dealkylation sites (tertiary alicyclic amines) is 1. The Kier molecular flexibility index (Phi) is 1.42. The van der Waals surface area contributed by atoms with E-state index in [1.54, 1.807) is 0 Å². The number of carbonyl (C=O) groups excluding carboxylic acids is 1. The molecule has 3 unspecified atom stereocenters. The Morgan fingerprint density at radius 1 is 1.55 bits per heavy atom. The van der Waals surface area contributed by atoms with E-state index in [4.69, 9.17) is 0 Å². The molecule has 3 heteroatoms. The van der Waals surface area contributed by atoms with E-state index in [0.717, 1.165) is 13.1 Å². The molecule has 2 saturated heterocycles. The maximum Gasteiger partial charge on any atom is 0.225 e. The number of nitrogens with zero attached hydrogens (tertiary/aromatic N) is 1. The van der Waals surface area contributed by atoms with Crippen molar-refractivity contribution >= 4 is 5.91 Å². The maximum absolute atomic E-state index is 11.3. The van der Waals surface area contributed by atoms with Crippen LogP contribution in [0.25, 0.3) is 0 Å². The zero-order valence-electron chi connectivity index (χ0n) is 7.00. The minimum Gasteiger partial charge on any atom is -0.353 e. The van der Waals surface area contributed by atoms with Gasteiger partial charge in [0.2, 0.25) is 5.91 Å². The molecule has 1 amide bonds. The first-order chi connectivity index (χ1) is 5.18. The summed E-state index contributed by atoms with van der Waals surface area (Å²) < 4.78 is 0. The van der Waals surface area contributed by atoms with Gasteiger partial charge in [-0.05, 0) is 14.0 Å². The summed E-state index contributed by atoms with van der Waals surface area (Å²) >= 11 is 0.